The molecule has 1 saturated heterocycles. The zero-order chi connectivity index (χ0) is 49.4. The second-order valence-corrected chi connectivity index (χ2v) is 20.0. The minimum atomic E-state index is -5.64. The van der Waals surface area contributed by atoms with Crippen LogP contribution in [0, 0.1) is 0 Å². The Kier molecular flexibility index (Phi) is 27.9. The van der Waals surface area contributed by atoms with Crippen molar-refractivity contribution in [1.29, 1.82) is 2.86 Å². The molecule has 1 fully saturated rings. The molecule has 1 aliphatic heterocycles. The maximum absolute atomic E-state index is 14.0. The van der Waals surface area contributed by atoms with Gasteiger partial charge >= 0.3 is 26.5 Å². The molecule has 0 radical (unpaired) electrons. The molecule has 378 valence electrons. The maximum atomic E-state index is 14.0. The van der Waals surface area contributed by atoms with Crippen LogP contribution in [-0.2, 0) is 39.0 Å². The lowest BCUT2D eigenvalue weighted by atomic mass is 9.95. The van der Waals surface area contributed by atoms with Crippen molar-refractivity contribution < 1.29 is 68.9 Å². The molecule has 1 aromatic carbocycles. The number of rotatable bonds is 41. The molecule has 1 unspecified atom stereocenters. The average molecular weight is 968 g/mol. The number of unbranched alkanes of at least 4 members (excludes halogenated alkanes) is 24. The first kappa shape index (κ1) is 55.0. The summed E-state index contributed by atoms with van der Waals surface area (Å²) in [5.74, 6) is -1.32. The minimum absolute atomic E-state index is 0.0455. The van der Waals surface area contributed by atoms with Crippen LogP contribution in [0.15, 0.2) is 18.2 Å². The Morgan fingerprint density at radius 2 is 1.14 bits per heavy atom. The highest BCUT2D eigenvalue weighted by Gasteiger charge is 2.65. The number of hydrogen-bond donors (Lipinski definition) is 5. The van der Waals surface area contributed by atoms with Crippen LogP contribution in [0.3, 0.4) is 0 Å². The average Bonchev–Trinajstić information content (AvgIpc) is 3.31. The van der Waals surface area contributed by atoms with E-state index >= 15 is 0 Å². The highest BCUT2D eigenvalue weighted by atomic mass is 32.3. The number of ether oxygens (including phenoxy) is 4. The van der Waals surface area contributed by atoms with Crippen molar-refractivity contribution in [2.75, 3.05) is 19.8 Å². The number of benzene rings is 1. The summed E-state index contributed by atoms with van der Waals surface area (Å²) in [6.45, 7) is 5.86. The number of amides is 1. The van der Waals surface area contributed by atoms with Crippen LogP contribution in [0.1, 0.15) is 211 Å². The van der Waals surface area contributed by atoms with Gasteiger partial charge in [0.2, 0.25) is 2.86 Å². The van der Waals surface area contributed by atoms with E-state index in [9.17, 15) is 36.6 Å². The number of aliphatic hydroxyl groups excluding tert-OH is 1. The van der Waals surface area contributed by atoms with Crippen molar-refractivity contribution in [2.24, 2.45) is 0 Å². The van der Waals surface area contributed by atoms with E-state index in [-0.39, 0.29) is 17.7 Å². The zero-order valence-electron chi connectivity index (χ0n) is 41.5. The topological polar surface area (TPSA) is 242 Å². The molecule has 1 amide bonds. The molecule has 65 heavy (non-hydrogen) atoms. The van der Waals surface area contributed by atoms with Gasteiger partial charge in [0.25, 0.3) is 10.8 Å². The first-order valence-corrected chi connectivity index (χ1v) is 27.3. The van der Waals surface area contributed by atoms with Gasteiger partial charge in [0.05, 0.1) is 19.8 Å². The Bertz CT molecular complexity index is 1730. The molecule has 5 N–H and O–H groups in total. The van der Waals surface area contributed by atoms with E-state index in [2.05, 4.69) is 39.4 Å². The van der Waals surface area contributed by atoms with Crippen LogP contribution in [0.2, 0.25) is 0 Å². The number of hydrogen-bond acceptors (Lipinski definition) is 15. The molecule has 1 aliphatic rings. The molecular formula is C47H83NO15S2. The summed E-state index contributed by atoms with van der Waals surface area (Å²) >= 11 is 0. The Balaban J connectivity index is 2.33. The monoisotopic (exact) mass is 968 g/mol. The van der Waals surface area contributed by atoms with Crippen molar-refractivity contribution >= 4 is 32.4 Å². The van der Waals surface area contributed by atoms with Gasteiger partial charge in [0.15, 0.2) is 23.9 Å². The van der Waals surface area contributed by atoms with Gasteiger partial charge < -0.3 is 34.5 Å². The Morgan fingerprint density at radius 1 is 0.677 bits per heavy atom. The summed E-state index contributed by atoms with van der Waals surface area (Å²) < 4.78 is 99.7. The SMILES string of the molecule is [2H]OS(=O)(=O)OC[C@H]1OC(O)[C@H](NC(=O)c2ccc(OCCCCCCCCCC)c(OCCCCCCCCCC)c2)[C@@H](OC(=O)CCCCCCCCCCCCC)[C@@]1(O)S(=O)(=O)O[2H]. The smallest absolute Gasteiger partial charge is 0.397 e. The number of aliphatic hydroxyl groups is 2. The predicted molar refractivity (Wildman–Crippen MR) is 250 cm³/mol. The fraction of sp³-hybridized carbons (Fsp3) is 0.830. The van der Waals surface area contributed by atoms with Gasteiger partial charge in [-0.2, -0.15) is 16.8 Å². The van der Waals surface area contributed by atoms with E-state index in [0.717, 1.165) is 83.5 Å². The van der Waals surface area contributed by atoms with E-state index in [1.54, 1.807) is 6.07 Å². The lowest BCUT2D eigenvalue weighted by Crippen LogP contribution is -2.74. The van der Waals surface area contributed by atoms with Crippen LogP contribution in [0.4, 0.5) is 0 Å². The van der Waals surface area contributed by atoms with Gasteiger partial charge in [-0.1, -0.05) is 175 Å². The largest absolute Gasteiger partial charge is 0.490 e. The third-order valence-corrected chi connectivity index (χ3v) is 13.5. The van der Waals surface area contributed by atoms with Gasteiger partial charge in [-0.3, -0.25) is 18.7 Å². The molecule has 2 rings (SSSR count). The van der Waals surface area contributed by atoms with Gasteiger partial charge in [-0.15, -0.1) is 0 Å². The molecule has 0 aliphatic carbocycles. The first-order chi connectivity index (χ1) is 32.2. The molecule has 1 aromatic rings. The summed E-state index contributed by atoms with van der Waals surface area (Å²) in [6, 6.07) is 2.34. The molecule has 18 heteroatoms. The number of nitrogens with one attached hydrogen (secondary N) is 1. The van der Waals surface area contributed by atoms with E-state index in [1.807, 2.05) is 0 Å². The van der Waals surface area contributed by atoms with Crippen LogP contribution in [0.25, 0.3) is 2.86 Å². The molecule has 0 bridgehead atoms. The van der Waals surface area contributed by atoms with E-state index < -0.39 is 68.5 Å². The summed E-state index contributed by atoms with van der Waals surface area (Å²) in [5.41, 5.74) is -0.0455. The van der Waals surface area contributed by atoms with Crippen LogP contribution < -0.4 is 14.8 Å². The Labute approximate surface area is 393 Å². The quantitative estimate of drug-likeness (QED) is 0.0233. The fourth-order valence-corrected chi connectivity index (χ4v) is 9.15. The second kappa shape index (κ2) is 33.0. The summed E-state index contributed by atoms with van der Waals surface area (Å²) in [4.78, 5) is 23.8. The molecule has 0 spiro atoms. The normalized spacial score (nSPS) is 20.5. The number of carbonyl (C=O) groups excluding carboxylic acids is 2. The van der Waals surface area contributed by atoms with Crippen LogP contribution in [0.5, 0.6) is 11.5 Å². The predicted octanol–water partition coefficient (Wildman–Crippen LogP) is 9.55. The summed E-state index contributed by atoms with van der Waals surface area (Å²) in [5, 5.41) is 25.6. The van der Waals surface area contributed by atoms with Crippen molar-refractivity contribution in [1.82, 2.24) is 5.32 Å². The molecule has 5 atom stereocenters. The van der Waals surface area contributed by atoms with Gasteiger partial charge in [-0.25, -0.2) is 4.18 Å². The lowest BCUT2D eigenvalue weighted by Gasteiger charge is -2.47. The summed E-state index contributed by atoms with van der Waals surface area (Å²) in [6.07, 6.45) is 21.0. The van der Waals surface area contributed by atoms with Gasteiger partial charge in [0.1, 0.15) is 12.1 Å². The van der Waals surface area contributed by atoms with Crippen molar-refractivity contribution in [3.8, 4) is 11.5 Å². The zero-order valence-corrected chi connectivity index (χ0v) is 41.1. The highest BCUT2D eigenvalue weighted by molar-refractivity contribution is 7.87. The highest BCUT2D eigenvalue weighted by Crippen LogP contribution is 2.37. The molecule has 16 nitrogen and oxygen atoms in total. The van der Waals surface area contributed by atoms with E-state index in [4.69, 9.17) is 21.8 Å². The van der Waals surface area contributed by atoms with Crippen LogP contribution in [-0.4, -0.2) is 97.3 Å². The van der Waals surface area contributed by atoms with Crippen LogP contribution >= 0.6 is 0 Å². The fourth-order valence-electron chi connectivity index (χ4n) is 7.94. The Hall–Kier alpha value is -2.58. The number of esters is 1. The van der Waals surface area contributed by atoms with Crippen molar-refractivity contribution in [2.45, 2.75) is 230 Å². The van der Waals surface area contributed by atoms with Crippen molar-refractivity contribution in [3.05, 3.63) is 23.8 Å². The lowest BCUT2D eigenvalue weighted by molar-refractivity contribution is -0.270. The van der Waals surface area contributed by atoms with Gasteiger partial charge in [-0.05, 0) is 37.5 Å². The van der Waals surface area contributed by atoms with E-state index in [1.165, 1.54) is 89.2 Å². The third kappa shape index (κ3) is 23.3. The first-order valence-electron chi connectivity index (χ1n) is 25.4. The molecule has 0 saturated carbocycles. The summed E-state index contributed by atoms with van der Waals surface area (Å²) in [7, 11) is -10.7. The molecular weight excluding hydrogens is 883 g/mol. The number of carbonyl (C=O) groups is 2. The standard InChI is InChI=1S/C47H83NO15S2/c1-4-7-10-13-16-19-20-21-22-25-28-31-42(49)63-44-43(46(51)62-41(37-61-65(56,57)58)47(44,52)64(53,54)55)48-45(50)38-32-33-39(59-34-29-26-23-17-14-11-8-5-2)40(36-38)60-35-30-27-24-18-15-12-9-6-3/h32-33,36,41,43-44,46,51-52H,4-31,34-35,37H2,1-3H3,(H,48,50)(H,53,54,55)(H,56,57,58)/t41-,43-,44-,46?,47+/m1/s1/i/hD2. The van der Waals surface area contributed by atoms with Gasteiger partial charge in [0, 0.05) is 12.0 Å². The van der Waals surface area contributed by atoms with Crippen molar-refractivity contribution in [3.63, 3.8) is 0 Å². The Morgan fingerprint density at radius 3 is 1.62 bits per heavy atom. The van der Waals surface area contributed by atoms with E-state index in [0.29, 0.717) is 31.8 Å². The maximum Gasteiger partial charge on any atom is 0.397 e. The molecule has 0 aromatic heterocycles. The minimum Gasteiger partial charge on any atom is -0.490 e. The second-order valence-electron chi connectivity index (χ2n) is 17.4. The third-order valence-electron chi connectivity index (χ3n) is 11.8. The molecule has 1 heterocycles.